The molecule has 0 atom stereocenters. The molecule has 1 aromatic rings. The highest BCUT2D eigenvalue weighted by molar-refractivity contribution is 7.10. The van der Waals surface area contributed by atoms with Gasteiger partial charge in [-0.05, 0) is 25.6 Å². The van der Waals surface area contributed by atoms with Gasteiger partial charge in [0.1, 0.15) is 16.6 Å². The average Bonchev–Trinajstić information content (AvgIpc) is 2.46. The summed E-state index contributed by atoms with van der Waals surface area (Å²) < 4.78 is 3.91. The Morgan fingerprint density at radius 2 is 2.36 bits per heavy atom. The molecule has 0 aromatic carbocycles. The molecule has 0 saturated heterocycles. The Kier molecular flexibility index (Phi) is 3.68. The lowest BCUT2D eigenvalue weighted by molar-refractivity contribution is 0.425. The van der Waals surface area contributed by atoms with Gasteiger partial charge in [-0.2, -0.15) is 9.64 Å². The quantitative estimate of drug-likeness (QED) is 0.761. The Hall–Kier alpha value is -1.32. The Morgan fingerprint density at radius 3 is 2.93 bits per heavy atom. The molecule has 6 heteroatoms. The number of hydrogen-bond acceptors (Lipinski definition) is 6. The third-order valence-corrected chi connectivity index (χ3v) is 2.49. The first-order chi connectivity index (χ1) is 6.65. The summed E-state index contributed by atoms with van der Waals surface area (Å²) in [4.78, 5) is 2.06. The lowest BCUT2D eigenvalue weighted by atomic mass is 10.3. The predicted octanol–water partition coefficient (Wildman–Crippen LogP) is 0.570. The van der Waals surface area contributed by atoms with Gasteiger partial charge in [-0.15, -0.1) is 0 Å². The molecular weight excluding hydrogens is 198 g/mol. The van der Waals surface area contributed by atoms with Crippen molar-refractivity contribution in [1.29, 1.82) is 5.26 Å². The molecule has 0 bridgehead atoms. The number of nitriles is 1. The Bertz CT molecular complexity index is 338. The fourth-order valence-corrected chi connectivity index (χ4v) is 1.61. The van der Waals surface area contributed by atoms with E-state index in [4.69, 9.17) is 11.0 Å². The minimum absolute atomic E-state index is 0.310. The fourth-order valence-electron chi connectivity index (χ4n) is 0.924. The first kappa shape index (κ1) is 10.8. The van der Waals surface area contributed by atoms with E-state index >= 15 is 0 Å². The maximum atomic E-state index is 8.78. The molecule has 1 rings (SSSR count). The Balaban J connectivity index is 2.55. The molecule has 3 N–H and O–H groups in total. The summed E-state index contributed by atoms with van der Waals surface area (Å²) in [7, 11) is 3.99. The van der Waals surface area contributed by atoms with Crippen molar-refractivity contribution in [3.05, 3.63) is 5.56 Å². The molecular formula is C8H13N5S. The first-order valence-electron chi connectivity index (χ1n) is 4.19. The van der Waals surface area contributed by atoms with Gasteiger partial charge in [0, 0.05) is 13.1 Å². The maximum absolute atomic E-state index is 8.78. The van der Waals surface area contributed by atoms with E-state index in [-0.39, 0.29) is 0 Å². The summed E-state index contributed by atoms with van der Waals surface area (Å²) in [6, 6.07) is 2.03. The van der Waals surface area contributed by atoms with Crippen LogP contribution in [0.1, 0.15) is 5.56 Å². The van der Waals surface area contributed by atoms with E-state index in [0.717, 1.165) is 18.1 Å². The van der Waals surface area contributed by atoms with Crippen LogP contribution in [0.2, 0.25) is 0 Å². The molecule has 1 heterocycles. The summed E-state index contributed by atoms with van der Waals surface area (Å²) in [5, 5.41) is 12.7. The SMILES string of the molecule is CN(C)CCNc1snc(N)c1C#N. The molecule has 1 aromatic heterocycles. The highest BCUT2D eigenvalue weighted by atomic mass is 32.1. The average molecular weight is 211 g/mol. The van der Waals surface area contributed by atoms with Crippen molar-refractivity contribution in [3.63, 3.8) is 0 Å². The van der Waals surface area contributed by atoms with Gasteiger partial charge in [-0.25, -0.2) is 0 Å². The first-order valence-corrected chi connectivity index (χ1v) is 4.96. The largest absolute Gasteiger partial charge is 0.382 e. The predicted molar refractivity (Wildman–Crippen MR) is 58.3 cm³/mol. The topological polar surface area (TPSA) is 78.0 Å². The van der Waals surface area contributed by atoms with Crippen LogP contribution in [-0.4, -0.2) is 36.5 Å². The van der Waals surface area contributed by atoms with Crippen molar-refractivity contribution < 1.29 is 0 Å². The highest BCUT2D eigenvalue weighted by Crippen LogP contribution is 2.24. The van der Waals surface area contributed by atoms with E-state index in [1.807, 2.05) is 20.2 Å². The molecule has 5 nitrogen and oxygen atoms in total. The standard InChI is InChI=1S/C8H13N5S/c1-13(2)4-3-11-8-6(5-9)7(10)12-14-8/h11H,3-4H2,1-2H3,(H2,10,12). The van der Waals surface area contributed by atoms with Crippen LogP contribution in [0.5, 0.6) is 0 Å². The zero-order valence-corrected chi connectivity index (χ0v) is 9.06. The summed E-state index contributed by atoms with van der Waals surface area (Å²) in [5.74, 6) is 0.310. The lowest BCUT2D eigenvalue weighted by Gasteiger charge is -2.09. The molecule has 0 radical (unpaired) electrons. The summed E-state index contributed by atoms with van der Waals surface area (Å²) in [6.45, 7) is 1.69. The van der Waals surface area contributed by atoms with Crippen LogP contribution >= 0.6 is 11.5 Å². The van der Waals surface area contributed by atoms with Gasteiger partial charge in [0.05, 0.1) is 0 Å². The number of nitrogen functional groups attached to an aromatic ring is 1. The number of anilines is 2. The summed E-state index contributed by atoms with van der Waals surface area (Å²) >= 11 is 1.23. The minimum Gasteiger partial charge on any atom is -0.382 e. The lowest BCUT2D eigenvalue weighted by Crippen LogP contribution is -2.20. The van der Waals surface area contributed by atoms with Crippen LogP contribution in [0, 0.1) is 11.3 Å². The van der Waals surface area contributed by atoms with Crippen LogP contribution in [0.4, 0.5) is 10.8 Å². The molecule has 0 spiro atoms. The van der Waals surface area contributed by atoms with Gasteiger partial charge in [-0.3, -0.25) is 0 Å². The highest BCUT2D eigenvalue weighted by Gasteiger charge is 2.09. The second kappa shape index (κ2) is 4.79. The van der Waals surface area contributed by atoms with Crippen LogP contribution < -0.4 is 11.1 Å². The monoisotopic (exact) mass is 211 g/mol. The van der Waals surface area contributed by atoms with Gasteiger partial charge in [-0.1, -0.05) is 0 Å². The minimum atomic E-state index is 0.310. The number of nitrogens with two attached hydrogens (primary N) is 1. The number of hydrogen-bond donors (Lipinski definition) is 2. The maximum Gasteiger partial charge on any atom is 0.157 e. The Morgan fingerprint density at radius 1 is 1.64 bits per heavy atom. The van der Waals surface area contributed by atoms with E-state index in [0.29, 0.717) is 11.4 Å². The summed E-state index contributed by atoms with van der Waals surface area (Å²) in [5.41, 5.74) is 5.96. The smallest absolute Gasteiger partial charge is 0.157 e. The second-order valence-corrected chi connectivity index (χ2v) is 3.89. The van der Waals surface area contributed by atoms with Crippen LogP contribution in [0.15, 0.2) is 0 Å². The normalized spacial score (nSPS) is 10.1. The van der Waals surface area contributed by atoms with Crippen LogP contribution in [0.25, 0.3) is 0 Å². The van der Waals surface area contributed by atoms with Crippen molar-refractivity contribution in [2.24, 2.45) is 0 Å². The molecule has 0 unspecified atom stereocenters. The molecule has 0 saturated carbocycles. The van der Waals surface area contributed by atoms with E-state index < -0.39 is 0 Å². The molecule has 0 fully saturated rings. The van der Waals surface area contributed by atoms with Crippen molar-refractivity contribution >= 4 is 22.4 Å². The summed E-state index contributed by atoms with van der Waals surface area (Å²) in [6.07, 6.45) is 0. The van der Waals surface area contributed by atoms with Gasteiger partial charge < -0.3 is 16.0 Å². The fraction of sp³-hybridized carbons (Fsp3) is 0.500. The van der Waals surface area contributed by atoms with E-state index in [1.165, 1.54) is 11.5 Å². The van der Waals surface area contributed by atoms with Crippen molar-refractivity contribution in [1.82, 2.24) is 9.27 Å². The van der Waals surface area contributed by atoms with Gasteiger partial charge in [0.25, 0.3) is 0 Å². The molecule has 0 aliphatic carbocycles. The third kappa shape index (κ3) is 2.58. The van der Waals surface area contributed by atoms with E-state index in [2.05, 4.69) is 14.6 Å². The van der Waals surface area contributed by atoms with Crippen LogP contribution in [-0.2, 0) is 0 Å². The third-order valence-electron chi connectivity index (χ3n) is 1.67. The number of likely N-dealkylation sites (N-methyl/N-ethyl adjacent to an activating group) is 1. The molecule has 76 valence electrons. The number of aromatic nitrogens is 1. The number of nitrogens with one attached hydrogen (secondary N) is 1. The number of rotatable bonds is 4. The zero-order chi connectivity index (χ0) is 10.6. The molecule has 0 aliphatic rings. The molecule has 0 amide bonds. The van der Waals surface area contributed by atoms with Crippen LogP contribution in [0.3, 0.4) is 0 Å². The Labute approximate surface area is 87.3 Å². The molecule has 14 heavy (non-hydrogen) atoms. The van der Waals surface area contributed by atoms with Crippen molar-refractivity contribution in [2.45, 2.75) is 0 Å². The molecule has 0 aliphatic heterocycles. The number of nitrogens with zero attached hydrogens (tertiary/aromatic N) is 3. The van der Waals surface area contributed by atoms with Crippen molar-refractivity contribution in [3.8, 4) is 6.07 Å². The van der Waals surface area contributed by atoms with E-state index in [9.17, 15) is 0 Å². The van der Waals surface area contributed by atoms with Gasteiger partial charge in [0.15, 0.2) is 5.82 Å². The van der Waals surface area contributed by atoms with Crippen molar-refractivity contribution in [2.75, 3.05) is 38.2 Å². The van der Waals surface area contributed by atoms with Gasteiger partial charge in [0.2, 0.25) is 0 Å². The zero-order valence-electron chi connectivity index (χ0n) is 8.24. The van der Waals surface area contributed by atoms with Gasteiger partial charge >= 0.3 is 0 Å². The van der Waals surface area contributed by atoms with E-state index in [1.54, 1.807) is 0 Å². The second-order valence-electron chi connectivity index (χ2n) is 3.11.